The van der Waals surface area contributed by atoms with Crippen molar-refractivity contribution in [3.63, 3.8) is 0 Å². The number of epoxide rings is 1. The Labute approximate surface area is 129 Å². The van der Waals surface area contributed by atoms with Crippen LogP contribution in [0.15, 0.2) is 24.3 Å². The molecule has 8 nitrogen and oxygen atoms in total. The third-order valence-electron chi connectivity index (χ3n) is 2.38. The molecule has 0 aliphatic carbocycles. The molecule has 0 saturated carbocycles. The standard InChI is InChI=1S/C10H10F3NO7S2/c11-10(12,13)22(15,16)14-23(17,18)21-8-3-1-7(2-4-8)19-5-9-6-20-9/h1-4,9,14H,5-6H2. The van der Waals surface area contributed by atoms with Gasteiger partial charge in [-0.15, -0.1) is 0 Å². The molecule has 1 atom stereocenters. The summed E-state index contributed by atoms with van der Waals surface area (Å²) < 4.78 is 95.3. The highest BCUT2D eigenvalue weighted by molar-refractivity contribution is 8.03. The van der Waals surface area contributed by atoms with Gasteiger partial charge >= 0.3 is 25.8 Å². The Morgan fingerprint density at radius 2 is 1.65 bits per heavy atom. The lowest BCUT2D eigenvalue weighted by Crippen LogP contribution is -2.42. The molecule has 1 aromatic carbocycles. The summed E-state index contributed by atoms with van der Waals surface area (Å²) in [5, 5.41) is 0. The van der Waals surface area contributed by atoms with Crippen LogP contribution in [0.1, 0.15) is 0 Å². The van der Waals surface area contributed by atoms with Gasteiger partial charge in [-0.3, -0.25) is 0 Å². The van der Waals surface area contributed by atoms with E-state index in [0.29, 0.717) is 23.1 Å². The summed E-state index contributed by atoms with van der Waals surface area (Å²) in [7, 11) is -11.3. The molecule has 1 saturated heterocycles. The van der Waals surface area contributed by atoms with Crippen LogP contribution in [-0.4, -0.2) is 41.7 Å². The number of halogens is 3. The van der Waals surface area contributed by atoms with Crippen molar-refractivity contribution in [2.24, 2.45) is 0 Å². The maximum atomic E-state index is 12.1. The second-order valence-corrected chi connectivity index (χ2v) is 7.52. The lowest BCUT2D eigenvalue weighted by molar-refractivity contribution is -0.0442. The van der Waals surface area contributed by atoms with E-state index in [9.17, 15) is 30.0 Å². The molecule has 1 fully saturated rings. The van der Waals surface area contributed by atoms with Crippen molar-refractivity contribution >= 4 is 20.3 Å². The van der Waals surface area contributed by atoms with Crippen molar-refractivity contribution in [1.82, 2.24) is 4.13 Å². The van der Waals surface area contributed by atoms with E-state index in [4.69, 9.17) is 9.47 Å². The van der Waals surface area contributed by atoms with E-state index >= 15 is 0 Å². The molecule has 130 valence electrons. The SMILES string of the molecule is O=S(=O)(NS(=O)(=O)C(F)(F)F)Oc1ccc(OCC2CO2)cc1. The molecule has 0 radical (unpaired) electrons. The molecule has 0 aromatic heterocycles. The topological polar surface area (TPSA) is 111 Å². The third kappa shape index (κ3) is 5.23. The Morgan fingerprint density at radius 1 is 1.13 bits per heavy atom. The van der Waals surface area contributed by atoms with Crippen LogP contribution in [0.3, 0.4) is 0 Å². The van der Waals surface area contributed by atoms with Crippen LogP contribution in [0.5, 0.6) is 11.5 Å². The van der Waals surface area contributed by atoms with Crippen molar-refractivity contribution in [3.8, 4) is 11.5 Å². The van der Waals surface area contributed by atoms with Crippen LogP contribution >= 0.6 is 0 Å². The number of benzene rings is 1. The zero-order valence-corrected chi connectivity index (χ0v) is 12.7. The monoisotopic (exact) mass is 377 g/mol. The minimum absolute atomic E-state index is 0.00285. The van der Waals surface area contributed by atoms with Crippen molar-refractivity contribution in [2.45, 2.75) is 11.6 Å². The molecule has 1 aromatic rings. The van der Waals surface area contributed by atoms with E-state index in [0.717, 1.165) is 12.1 Å². The minimum Gasteiger partial charge on any atom is -0.491 e. The molecule has 0 amide bonds. The lowest BCUT2D eigenvalue weighted by Gasteiger charge is -2.11. The fourth-order valence-corrected chi connectivity index (χ4v) is 3.22. The minimum atomic E-state index is -6.10. The molecule has 0 bridgehead atoms. The van der Waals surface area contributed by atoms with Gasteiger partial charge in [0.05, 0.1) is 6.61 Å². The second-order valence-electron chi connectivity index (χ2n) is 4.31. The summed E-state index contributed by atoms with van der Waals surface area (Å²) in [5.41, 5.74) is -5.79. The van der Waals surface area contributed by atoms with Gasteiger partial charge in [0.25, 0.3) is 0 Å². The Kier molecular flexibility index (Phi) is 4.75. The van der Waals surface area contributed by atoms with E-state index in [-0.39, 0.29) is 6.10 Å². The normalized spacial score (nSPS) is 18.5. The largest absolute Gasteiger partial charge is 0.512 e. The Morgan fingerprint density at radius 3 is 2.13 bits per heavy atom. The van der Waals surface area contributed by atoms with Crippen molar-refractivity contribution in [1.29, 1.82) is 0 Å². The molecular formula is C10H10F3NO7S2. The van der Waals surface area contributed by atoms with Crippen LogP contribution < -0.4 is 13.0 Å². The zero-order chi connectivity index (χ0) is 17.3. The average molecular weight is 377 g/mol. The number of nitrogens with one attached hydrogen (secondary N) is 1. The predicted molar refractivity (Wildman–Crippen MR) is 69.3 cm³/mol. The van der Waals surface area contributed by atoms with Gasteiger partial charge in [0.1, 0.15) is 24.2 Å². The van der Waals surface area contributed by atoms with E-state index < -0.39 is 31.6 Å². The average Bonchev–Trinajstić information content (AvgIpc) is 3.18. The van der Waals surface area contributed by atoms with Gasteiger partial charge in [-0.2, -0.15) is 21.6 Å². The lowest BCUT2D eigenvalue weighted by atomic mass is 10.3. The highest BCUT2D eigenvalue weighted by atomic mass is 32.3. The summed E-state index contributed by atoms with van der Waals surface area (Å²) in [6.45, 7) is 0.878. The molecule has 1 aliphatic heterocycles. The van der Waals surface area contributed by atoms with Gasteiger partial charge in [-0.05, 0) is 24.3 Å². The molecular weight excluding hydrogens is 367 g/mol. The van der Waals surface area contributed by atoms with Crippen LogP contribution in [0.2, 0.25) is 0 Å². The Hall–Kier alpha value is -1.57. The van der Waals surface area contributed by atoms with Crippen LogP contribution in [0.4, 0.5) is 13.2 Å². The van der Waals surface area contributed by atoms with E-state index in [1.54, 1.807) is 0 Å². The first-order valence-electron chi connectivity index (χ1n) is 5.87. The molecule has 1 unspecified atom stereocenters. The smallest absolute Gasteiger partial charge is 0.491 e. The first kappa shape index (κ1) is 17.8. The Balaban J connectivity index is 1.99. The van der Waals surface area contributed by atoms with Crippen molar-refractivity contribution in [3.05, 3.63) is 24.3 Å². The highest BCUT2D eigenvalue weighted by Gasteiger charge is 2.48. The number of sulfonamides is 1. The van der Waals surface area contributed by atoms with Crippen LogP contribution in [0.25, 0.3) is 0 Å². The summed E-state index contributed by atoms with van der Waals surface area (Å²) >= 11 is 0. The van der Waals surface area contributed by atoms with Crippen molar-refractivity contribution < 1.29 is 43.7 Å². The van der Waals surface area contributed by atoms with Crippen molar-refractivity contribution in [2.75, 3.05) is 13.2 Å². The fraction of sp³-hybridized carbons (Fsp3) is 0.400. The number of rotatable bonds is 7. The van der Waals surface area contributed by atoms with Gasteiger partial charge in [-0.1, -0.05) is 4.13 Å². The molecule has 13 heteroatoms. The zero-order valence-electron chi connectivity index (χ0n) is 11.1. The molecule has 23 heavy (non-hydrogen) atoms. The number of hydrogen-bond acceptors (Lipinski definition) is 7. The maximum Gasteiger partial charge on any atom is 0.512 e. The van der Waals surface area contributed by atoms with Gasteiger partial charge in [0.15, 0.2) is 0 Å². The van der Waals surface area contributed by atoms with Gasteiger partial charge in [-0.25, -0.2) is 8.42 Å². The number of alkyl halides is 3. The first-order chi connectivity index (χ1) is 10.5. The Bertz CT molecular complexity index is 755. The summed E-state index contributed by atoms with van der Waals surface area (Å²) in [6.07, 6.45) is 0.00285. The van der Waals surface area contributed by atoms with E-state index in [2.05, 4.69) is 4.18 Å². The second kappa shape index (κ2) is 6.14. The summed E-state index contributed by atoms with van der Waals surface area (Å²) in [5.74, 6) is -0.0500. The quantitative estimate of drug-likeness (QED) is 0.690. The van der Waals surface area contributed by atoms with Crippen LogP contribution in [-0.2, 0) is 25.1 Å². The van der Waals surface area contributed by atoms with Gasteiger partial charge < -0.3 is 13.7 Å². The van der Waals surface area contributed by atoms with Gasteiger partial charge in [0, 0.05) is 0 Å². The molecule has 2 rings (SSSR count). The maximum absolute atomic E-state index is 12.1. The molecule has 1 N–H and O–H groups in total. The third-order valence-corrected chi connectivity index (χ3v) is 5.10. The van der Waals surface area contributed by atoms with E-state index in [1.165, 1.54) is 12.1 Å². The highest BCUT2D eigenvalue weighted by Crippen LogP contribution is 2.24. The molecule has 1 aliphatic rings. The summed E-state index contributed by atoms with van der Waals surface area (Å²) in [4.78, 5) is 0. The molecule has 0 spiro atoms. The molecule has 1 heterocycles. The number of hydrogen-bond donors (Lipinski definition) is 1. The van der Waals surface area contributed by atoms with Gasteiger partial charge in [0.2, 0.25) is 0 Å². The number of ether oxygens (including phenoxy) is 2. The van der Waals surface area contributed by atoms with E-state index in [1.807, 2.05) is 0 Å². The predicted octanol–water partition coefficient (Wildman–Crippen LogP) is 0.527. The summed E-state index contributed by atoms with van der Waals surface area (Å²) in [6, 6.07) is 4.77. The first-order valence-corrected chi connectivity index (χ1v) is 8.76. The van der Waals surface area contributed by atoms with Crippen LogP contribution in [0, 0.1) is 0 Å². The fourth-order valence-electron chi connectivity index (χ4n) is 1.27.